The molecule has 0 aliphatic rings. The van der Waals surface area contributed by atoms with Crippen molar-refractivity contribution < 1.29 is 28.5 Å². The molecule has 0 N–H and O–H groups in total. The molecule has 1 heterocycles. The maximum Gasteiger partial charge on any atom is 0.406 e. The van der Waals surface area contributed by atoms with Crippen molar-refractivity contribution in [3.05, 3.63) is 69.1 Å². The van der Waals surface area contributed by atoms with Gasteiger partial charge in [0.1, 0.15) is 17.9 Å². The van der Waals surface area contributed by atoms with Crippen LogP contribution in [0.15, 0.2) is 42.5 Å². The zero-order chi connectivity index (χ0) is 21.0. The third-order valence-corrected chi connectivity index (χ3v) is 4.54. The van der Waals surface area contributed by atoms with E-state index < -0.39 is 24.2 Å². The predicted octanol–water partition coefficient (Wildman–Crippen LogP) is 3.08. The SMILES string of the molecule is COC(=O)c1c(COC(=O)COc2ccccc2)nc2cc(Cl)c(Cl)cc2[n+]1[O-]. The fourth-order valence-corrected chi connectivity index (χ4v) is 2.78. The summed E-state index contributed by atoms with van der Waals surface area (Å²) in [6.07, 6.45) is 0. The van der Waals surface area contributed by atoms with Crippen molar-refractivity contribution in [2.24, 2.45) is 0 Å². The van der Waals surface area contributed by atoms with Crippen LogP contribution in [0.2, 0.25) is 10.0 Å². The number of fused-ring (bicyclic) bond motifs is 1. The highest BCUT2D eigenvalue weighted by Gasteiger charge is 2.28. The van der Waals surface area contributed by atoms with Crippen LogP contribution in [-0.4, -0.2) is 30.6 Å². The maximum absolute atomic E-state index is 12.7. The molecule has 0 fully saturated rings. The third kappa shape index (κ3) is 4.67. The Morgan fingerprint density at radius 2 is 1.83 bits per heavy atom. The van der Waals surface area contributed by atoms with Gasteiger partial charge in [-0.2, -0.15) is 4.73 Å². The molecule has 8 nitrogen and oxygen atoms in total. The minimum atomic E-state index is -0.938. The van der Waals surface area contributed by atoms with Crippen LogP contribution in [0.5, 0.6) is 5.75 Å². The number of aromatic nitrogens is 2. The van der Waals surface area contributed by atoms with Gasteiger partial charge in [-0.05, 0) is 18.2 Å². The second-order valence-corrected chi connectivity index (χ2v) is 6.52. The molecule has 0 unspecified atom stereocenters. The second-order valence-electron chi connectivity index (χ2n) is 5.71. The second kappa shape index (κ2) is 8.93. The fraction of sp³-hybridized carbons (Fsp3) is 0.158. The van der Waals surface area contributed by atoms with E-state index in [-0.39, 0.29) is 33.4 Å². The number of rotatable bonds is 6. The van der Waals surface area contributed by atoms with Gasteiger partial charge in [-0.3, -0.25) is 0 Å². The number of benzene rings is 2. The van der Waals surface area contributed by atoms with E-state index in [1.54, 1.807) is 24.3 Å². The Hall–Kier alpha value is -3.10. The molecule has 0 bridgehead atoms. The maximum atomic E-state index is 12.7. The smallest absolute Gasteiger partial charge is 0.406 e. The van der Waals surface area contributed by atoms with Crippen molar-refractivity contribution >= 4 is 46.2 Å². The molecule has 3 rings (SSSR count). The zero-order valence-corrected chi connectivity index (χ0v) is 16.6. The number of hydrogen-bond acceptors (Lipinski definition) is 7. The average Bonchev–Trinajstić information content (AvgIpc) is 2.72. The summed E-state index contributed by atoms with van der Waals surface area (Å²) in [5, 5.41) is 13.0. The van der Waals surface area contributed by atoms with E-state index in [0.717, 1.165) is 7.11 Å². The van der Waals surface area contributed by atoms with Gasteiger partial charge in [0.2, 0.25) is 5.52 Å². The molecule has 1 aromatic heterocycles. The largest absolute Gasteiger partial charge is 0.618 e. The van der Waals surface area contributed by atoms with E-state index in [2.05, 4.69) is 9.72 Å². The van der Waals surface area contributed by atoms with Crippen LogP contribution in [-0.2, 0) is 20.9 Å². The standard InChI is InChI=1S/C19H14Cl2N2O6/c1-27-19(25)18-15(9-29-17(24)10-28-11-5-3-2-4-6-11)22-14-7-12(20)13(21)8-16(14)23(18)26/h2-8H,9-10H2,1H3. The van der Waals surface area contributed by atoms with Gasteiger partial charge in [0.05, 0.1) is 17.2 Å². The number of esters is 2. The van der Waals surface area contributed by atoms with Crippen molar-refractivity contribution in [3.63, 3.8) is 0 Å². The minimum absolute atomic E-state index is 0.0160. The number of nitrogens with zero attached hydrogens (tertiary/aromatic N) is 2. The van der Waals surface area contributed by atoms with Crippen LogP contribution >= 0.6 is 23.2 Å². The average molecular weight is 437 g/mol. The number of halogens is 2. The number of hydrogen-bond donors (Lipinski definition) is 0. The minimum Gasteiger partial charge on any atom is -0.618 e. The Bertz CT molecular complexity index is 1080. The molecule has 0 atom stereocenters. The lowest BCUT2D eigenvalue weighted by atomic mass is 10.2. The van der Waals surface area contributed by atoms with Crippen LogP contribution in [0, 0.1) is 5.21 Å². The predicted molar refractivity (Wildman–Crippen MR) is 104 cm³/mol. The summed E-state index contributed by atoms with van der Waals surface area (Å²) in [6.45, 7) is -0.802. The quantitative estimate of drug-likeness (QED) is 0.332. The Balaban J connectivity index is 1.84. The lowest BCUT2D eigenvalue weighted by Gasteiger charge is -2.12. The first-order valence-corrected chi connectivity index (χ1v) is 8.99. The first-order valence-electron chi connectivity index (χ1n) is 8.23. The molecular weight excluding hydrogens is 423 g/mol. The molecule has 0 spiro atoms. The van der Waals surface area contributed by atoms with Gasteiger partial charge in [-0.15, -0.1) is 0 Å². The van der Waals surface area contributed by atoms with E-state index >= 15 is 0 Å². The monoisotopic (exact) mass is 436 g/mol. The number of carbonyl (C=O) groups excluding carboxylic acids is 2. The molecule has 0 saturated heterocycles. The van der Waals surface area contributed by atoms with Crippen LogP contribution in [0.3, 0.4) is 0 Å². The van der Waals surface area contributed by atoms with Crippen molar-refractivity contribution in [2.75, 3.05) is 13.7 Å². The van der Waals surface area contributed by atoms with E-state index in [9.17, 15) is 14.8 Å². The molecular formula is C19H14Cl2N2O6. The van der Waals surface area contributed by atoms with Crippen molar-refractivity contribution in [1.82, 2.24) is 4.98 Å². The number of ether oxygens (including phenoxy) is 3. The highest BCUT2D eigenvalue weighted by atomic mass is 35.5. The summed E-state index contributed by atoms with van der Waals surface area (Å²) in [5.41, 5.74) is -0.322. The molecule has 0 aliphatic heterocycles. The molecule has 10 heteroatoms. The Morgan fingerprint density at radius 3 is 2.52 bits per heavy atom. The van der Waals surface area contributed by atoms with Crippen LogP contribution in [0.4, 0.5) is 0 Å². The van der Waals surface area contributed by atoms with E-state index in [0.29, 0.717) is 10.5 Å². The molecule has 0 radical (unpaired) electrons. The van der Waals surface area contributed by atoms with Crippen molar-refractivity contribution in [2.45, 2.75) is 6.61 Å². The van der Waals surface area contributed by atoms with Gasteiger partial charge < -0.3 is 19.4 Å². The summed E-state index contributed by atoms with van der Waals surface area (Å²) in [7, 11) is 1.12. The van der Waals surface area contributed by atoms with Crippen LogP contribution < -0.4 is 9.47 Å². The molecule has 29 heavy (non-hydrogen) atoms. The molecule has 3 aromatic rings. The lowest BCUT2D eigenvalue weighted by Crippen LogP contribution is -2.38. The van der Waals surface area contributed by atoms with Crippen LogP contribution in [0.25, 0.3) is 11.0 Å². The summed E-state index contributed by atoms with van der Waals surface area (Å²) in [5.74, 6) is -1.15. The lowest BCUT2D eigenvalue weighted by molar-refractivity contribution is -0.581. The number of methoxy groups -OCH3 is 1. The summed E-state index contributed by atoms with van der Waals surface area (Å²) >= 11 is 11.9. The molecule has 0 saturated carbocycles. The van der Waals surface area contributed by atoms with Gasteiger partial charge in [-0.1, -0.05) is 41.4 Å². The van der Waals surface area contributed by atoms with Gasteiger partial charge in [0, 0.05) is 6.07 Å². The molecule has 0 amide bonds. The van der Waals surface area contributed by atoms with E-state index in [4.69, 9.17) is 32.7 Å². The zero-order valence-electron chi connectivity index (χ0n) is 15.1. The van der Waals surface area contributed by atoms with E-state index in [1.165, 1.54) is 12.1 Å². The number of carbonyl (C=O) groups is 2. The highest BCUT2D eigenvalue weighted by molar-refractivity contribution is 6.42. The van der Waals surface area contributed by atoms with Gasteiger partial charge in [-0.25, -0.2) is 14.6 Å². The Morgan fingerprint density at radius 1 is 1.14 bits per heavy atom. The molecule has 0 aliphatic carbocycles. The Kier molecular flexibility index (Phi) is 6.36. The number of para-hydroxylation sites is 1. The highest BCUT2D eigenvalue weighted by Crippen LogP contribution is 2.26. The molecule has 2 aromatic carbocycles. The van der Waals surface area contributed by atoms with E-state index in [1.807, 2.05) is 6.07 Å². The summed E-state index contributed by atoms with van der Waals surface area (Å²) < 4.78 is 15.4. The fourth-order valence-electron chi connectivity index (χ4n) is 2.46. The molecule has 150 valence electrons. The topological polar surface area (TPSA) is 102 Å². The van der Waals surface area contributed by atoms with Gasteiger partial charge >= 0.3 is 17.6 Å². The summed E-state index contributed by atoms with van der Waals surface area (Å²) in [4.78, 5) is 28.3. The first kappa shape index (κ1) is 20.6. The first-order chi connectivity index (χ1) is 13.9. The normalized spacial score (nSPS) is 10.6. The van der Waals surface area contributed by atoms with Gasteiger partial charge in [0.25, 0.3) is 0 Å². The van der Waals surface area contributed by atoms with Gasteiger partial charge in [0.15, 0.2) is 12.3 Å². The Labute approximate surface area is 175 Å². The van der Waals surface area contributed by atoms with Crippen LogP contribution in [0.1, 0.15) is 16.2 Å². The van der Waals surface area contributed by atoms with Crippen molar-refractivity contribution in [1.29, 1.82) is 0 Å². The van der Waals surface area contributed by atoms with Crippen molar-refractivity contribution in [3.8, 4) is 5.75 Å². The third-order valence-electron chi connectivity index (χ3n) is 3.82. The summed E-state index contributed by atoms with van der Waals surface area (Å²) in [6, 6.07) is 11.3.